The van der Waals surface area contributed by atoms with Crippen molar-refractivity contribution in [3.63, 3.8) is 0 Å². The highest BCUT2D eigenvalue weighted by atomic mass is 35.5. The molecule has 0 spiro atoms. The van der Waals surface area contributed by atoms with Crippen LogP contribution in [0.1, 0.15) is 27.3 Å². The van der Waals surface area contributed by atoms with Gasteiger partial charge < -0.3 is 9.88 Å². The highest BCUT2D eigenvalue weighted by Crippen LogP contribution is 2.27. The summed E-state index contributed by atoms with van der Waals surface area (Å²) in [6.45, 7) is 6.54. The van der Waals surface area contributed by atoms with Crippen LogP contribution in [-0.4, -0.2) is 20.7 Å². The third-order valence-electron chi connectivity index (χ3n) is 4.25. The summed E-state index contributed by atoms with van der Waals surface area (Å²) in [6, 6.07) is 13.0. The maximum Gasteiger partial charge on any atom is 0.251 e. The lowest BCUT2D eigenvalue weighted by Crippen LogP contribution is -2.25. The molecule has 8 heteroatoms. The van der Waals surface area contributed by atoms with Crippen molar-refractivity contribution in [1.82, 2.24) is 20.1 Å². The molecule has 2 aromatic carbocycles. The van der Waals surface area contributed by atoms with Gasteiger partial charge in [-0.25, -0.2) is 0 Å². The molecule has 5 nitrogen and oxygen atoms in total. The lowest BCUT2D eigenvalue weighted by Gasteiger charge is -2.10. The Bertz CT molecular complexity index is 1040. The van der Waals surface area contributed by atoms with Gasteiger partial charge in [0.2, 0.25) is 0 Å². The number of halogens is 2. The molecule has 1 N–H and O–H groups in total. The standard InChI is InChI=1S/C21H20Cl2N4OS/c1-3-10-27-19(12-24-20(28)16-7-5-4-6-14(16)2)25-26-21(27)29-13-15-8-9-17(22)18(23)11-15/h3-9,11H,1,10,12-13H2,2H3,(H,24,28). The van der Waals surface area contributed by atoms with E-state index in [9.17, 15) is 4.79 Å². The number of carbonyl (C=O) groups excluding carboxylic acids is 1. The summed E-state index contributed by atoms with van der Waals surface area (Å²) in [5.74, 6) is 1.20. The molecule has 0 atom stereocenters. The zero-order valence-electron chi connectivity index (χ0n) is 15.9. The Morgan fingerprint density at radius 2 is 2.00 bits per heavy atom. The van der Waals surface area contributed by atoms with Crippen LogP contribution in [0.2, 0.25) is 10.0 Å². The number of allylic oxidation sites excluding steroid dienone is 1. The summed E-state index contributed by atoms with van der Waals surface area (Å²) in [6.07, 6.45) is 1.78. The SMILES string of the molecule is C=CCn1c(CNC(=O)c2ccccc2C)nnc1SCc1ccc(Cl)c(Cl)c1. The number of rotatable bonds is 8. The minimum absolute atomic E-state index is 0.138. The fourth-order valence-electron chi connectivity index (χ4n) is 2.73. The van der Waals surface area contributed by atoms with Crippen LogP contribution < -0.4 is 5.32 Å². The first-order chi connectivity index (χ1) is 14.0. The van der Waals surface area contributed by atoms with E-state index < -0.39 is 0 Å². The van der Waals surface area contributed by atoms with Crippen LogP contribution in [0.5, 0.6) is 0 Å². The average Bonchev–Trinajstić information content (AvgIpc) is 3.09. The van der Waals surface area contributed by atoms with E-state index in [1.54, 1.807) is 18.2 Å². The molecule has 0 aliphatic carbocycles. The summed E-state index contributed by atoms with van der Waals surface area (Å²) in [5, 5.41) is 13.2. The predicted molar refractivity (Wildman–Crippen MR) is 119 cm³/mol. The molecule has 0 fully saturated rings. The number of hydrogen-bond donors (Lipinski definition) is 1. The molecule has 0 radical (unpaired) electrons. The van der Waals surface area contributed by atoms with E-state index in [4.69, 9.17) is 23.2 Å². The minimum atomic E-state index is -0.138. The molecule has 0 unspecified atom stereocenters. The summed E-state index contributed by atoms with van der Waals surface area (Å²) >= 11 is 13.6. The normalized spacial score (nSPS) is 10.7. The van der Waals surface area contributed by atoms with Crippen molar-refractivity contribution in [2.45, 2.75) is 30.9 Å². The number of carbonyl (C=O) groups is 1. The molecule has 1 heterocycles. The number of aromatic nitrogens is 3. The van der Waals surface area contributed by atoms with Gasteiger partial charge in [0.05, 0.1) is 16.6 Å². The summed E-state index contributed by atoms with van der Waals surface area (Å²) < 4.78 is 1.94. The van der Waals surface area contributed by atoms with Gasteiger partial charge in [-0.2, -0.15) is 0 Å². The highest BCUT2D eigenvalue weighted by Gasteiger charge is 2.14. The highest BCUT2D eigenvalue weighted by molar-refractivity contribution is 7.98. The number of hydrogen-bond acceptors (Lipinski definition) is 4. The summed E-state index contributed by atoms with van der Waals surface area (Å²) in [5.41, 5.74) is 2.61. The summed E-state index contributed by atoms with van der Waals surface area (Å²) in [7, 11) is 0. The number of aryl methyl sites for hydroxylation is 1. The monoisotopic (exact) mass is 446 g/mol. The quantitative estimate of drug-likeness (QED) is 0.376. The van der Waals surface area contributed by atoms with Crippen LogP contribution in [0.15, 0.2) is 60.3 Å². The van der Waals surface area contributed by atoms with E-state index in [2.05, 4.69) is 22.1 Å². The van der Waals surface area contributed by atoms with Gasteiger partial charge >= 0.3 is 0 Å². The van der Waals surface area contributed by atoms with Crippen molar-refractivity contribution in [2.75, 3.05) is 0 Å². The molecule has 1 amide bonds. The number of nitrogens with one attached hydrogen (secondary N) is 1. The van der Waals surface area contributed by atoms with Gasteiger partial charge in [-0.15, -0.1) is 16.8 Å². The largest absolute Gasteiger partial charge is 0.345 e. The van der Waals surface area contributed by atoms with Crippen LogP contribution >= 0.6 is 35.0 Å². The molecule has 3 aromatic rings. The second-order valence-electron chi connectivity index (χ2n) is 6.33. The van der Waals surface area contributed by atoms with Crippen LogP contribution in [0.3, 0.4) is 0 Å². The maximum atomic E-state index is 12.5. The smallest absolute Gasteiger partial charge is 0.251 e. The Labute approximate surface area is 184 Å². The average molecular weight is 447 g/mol. The minimum Gasteiger partial charge on any atom is -0.345 e. The first-order valence-corrected chi connectivity index (χ1v) is 10.7. The van der Waals surface area contributed by atoms with Gasteiger partial charge in [0.15, 0.2) is 11.0 Å². The molecule has 0 bridgehead atoms. The third kappa shape index (κ3) is 5.41. The van der Waals surface area contributed by atoms with Crippen LogP contribution in [0, 0.1) is 6.92 Å². The topological polar surface area (TPSA) is 59.8 Å². The second-order valence-corrected chi connectivity index (χ2v) is 8.09. The number of nitrogens with zero attached hydrogens (tertiary/aromatic N) is 3. The van der Waals surface area contributed by atoms with Crippen LogP contribution in [0.4, 0.5) is 0 Å². The van der Waals surface area contributed by atoms with Crippen LogP contribution in [0.25, 0.3) is 0 Å². The maximum absolute atomic E-state index is 12.5. The van der Waals surface area contributed by atoms with Crippen molar-refractivity contribution < 1.29 is 4.79 Å². The number of benzene rings is 2. The van der Waals surface area contributed by atoms with E-state index in [1.807, 2.05) is 41.8 Å². The van der Waals surface area contributed by atoms with Gasteiger partial charge in [-0.1, -0.05) is 65.3 Å². The van der Waals surface area contributed by atoms with E-state index in [1.165, 1.54) is 11.8 Å². The lowest BCUT2D eigenvalue weighted by molar-refractivity contribution is 0.0949. The van der Waals surface area contributed by atoms with E-state index in [0.29, 0.717) is 33.7 Å². The Morgan fingerprint density at radius 3 is 2.72 bits per heavy atom. The van der Waals surface area contributed by atoms with Crippen molar-refractivity contribution in [3.05, 3.63) is 87.7 Å². The van der Waals surface area contributed by atoms with Gasteiger partial charge in [-0.05, 0) is 36.2 Å². The second kappa shape index (κ2) is 9.96. The Hall–Kier alpha value is -2.28. The molecule has 29 heavy (non-hydrogen) atoms. The molecular formula is C21H20Cl2N4OS. The van der Waals surface area contributed by atoms with Gasteiger partial charge in [0.1, 0.15) is 0 Å². The molecular weight excluding hydrogens is 427 g/mol. The zero-order chi connectivity index (χ0) is 20.8. The molecule has 0 aliphatic rings. The van der Waals surface area contributed by atoms with Gasteiger partial charge in [0, 0.05) is 17.9 Å². The van der Waals surface area contributed by atoms with Crippen molar-refractivity contribution in [1.29, 1.82) is 0 Å². The summed E-state index contributed by atoms with van der Waals surface area (Å²) in [4.78, 5) is 12.5. The molecule has 3 rings (SSSR count). The fraction of sp³-hybridized carbons (Fsp3) is 0.190. The van der Waals surface area contributed by atoms with Crippen molar-refractivity contribution in [2.24, 2.45) is 0 Å². The predicted octanol–water partition coefficient (Wildman–Crippen LogP) is 5.30. The lowest BCUT2D eigenvalue weighted by atomic mass is 10.1. The molecule has 0 saturated carbocycles. The third-order valence-corrected chi connectivity index (χ3v) is 6.03. The van der Waals surface area contributed by atoms with Gasteiger partial charge in [0.25, 0.3) is 5.91 Å². The Morgan fingerprint density at radius 1 is 1.21 bits per heavy atom. The molecule has 0 saturated heterocycles. The van der Waals surface area contributed by atoms with E-state index in [-0.39, 0.29) is 12.5 Å². The Balaban J connectivity index is 1.69. The number of amides is 1. The first kappa shape index (κ1) is 21.4. The van der Waals surface area contributed by atoms with Crippen molar-refractivity contribution in [3.8, 4) is 0 Å². The fourth-order valence-corrected chi connectivity index (χ4v) is 3.96. The van der Waals surface area contributed by atoms with Gasteiger partial charge in [-0.3, -0.25) is 4.79 Å². The van der Waals surface area contributed by atoms with Crippen LogP contribution in [-0.2, 0) is 18.8 Å². The Kier molecular flexibility index (Phi) is 7.36. The number of thioether (sulfide) groups is 1. The zero-order valence-corrected chi connectivity index (χ0v) is 18.2. The van der Waals surface area contributed by atoms with E-state index in [0.717, 1.165) is 16.3 Å². The molecule has 0 aliphatic heterocycles. The van der Waals surface area contributed by atoms with E-state index >= 15 is 0 Å². The first-order valence-electron chi connectivity index (χ1n) is 8.93. The van der Waals surface area contributed by atoms with Crippen molar-refractivity contribution >= 4 is 40.9 Å². The molecule has 150 valence electrons. The molecule has 1 aromatic heterocycles.